The summed E-state index contributed by atoms with van der Waals surface area (Å²) in [7, 11) is 0. The van der Waals surface area contributed by atoms with Gasteiger partial charge in [-0.25, -0.2) is 0 Å². The Labute approximate surface area is 180 Å². The molecule has 0 unspecified atom stereocenters. The molecule has 0 aromatic carbocycles. The minimum atomic E-state index is -1.01. The molecule has 1 aliphatic heterocycles. The molecule has 1 fully saturated rings. The van der Waals surface area contributed by atoms with Crippen molar-refractivity contribution in [1.82, 2.24) is 24.9 Å². The maximum atomic E-state index is 12.1. The van der Waals surface area contributed by atoms with Gasteiger partial charge in [0.05, 0.1) is 32.8 Å². The number of hydrogen-bond acceptors (Lipinski definition) is 9. The van der Waals surface area contributed by atoms with E-state index in [1.54, 1.807) is 14.7 Å². The lowest BCUT2D eigenvalue weighted by atomic mass is 10.3. The van der Waals surface area contributed by atoms with Crippen LogP contribution in [0.15, 0.2) is 0 Å². The van der Waals surface area contributed by atoms with Crippen LogP contribution in [0.5, 0.6) is 0 Å². The Morgan fingerprint density at radius 2 is 0.871 bits per heavy atom. The zero-order valence-electron chi connectivity index (χ0n) is 17.6. The van der Waals surface area contributed by atoms with Crippen molar-refractivity contribution >= 4 is 23.8 Å². The van der Waals surface area contributed by atoms with E-state index in [1.165, 1.54) is 0 Å². The Morgan fingerprint density at radius 3 is 1.13 bits per heavy atom. The van der Waals surface area contributed by atoms with Crippen molar-refractivity contribution in [3.63, 3.8) is 0 Å². The highest BCUT2D eigenvalue weighted by molar-refractivity contribution is 5.78. The number of nitrogens with zero attached hydrogens (tertiary/aromatic N) is 4. The molecule has 1 amide bonds. The van der Waals surface area contributed by atoms with Crippen LogP contribution >= 0.6 is 0 Å². The first-order valence-corrected chi connectivity index (χ1v) is 10.1. The minimum Gasteiger partial charge on any atom is -0.480 e. The van der Waals surface area contributed by atoms with Gasteiger partial charge in [-0.2, -0.15) is 0 Å². The summed E-state index contributed by atoms with van der Waals surface area (Å²) in [6.45, 7) is 2.05. The molecule has 0 spiro atoms. The molecule has 13 nitrogen and oxygen atoms in total. The number of aliphatic hydroxyl groups excluding tert-OH is 1. The van der Waals surface area contributed by atoms with E-state index in [-0.39, 0.29) is 45.2 Å². The fraction of sp³-hybridized carbons (Fsp3) is 0.778. The number of carbonyl (C=O) groups is 4. The van der Waals surface area contributed by atoms with E-state index in [4.69, 9.17) is 10.2 Å². The summed E-state index contributed by atoms with van der Waals surface area (Å²) in [6.07, 6.45) is 0. The summed E-state index contributed by atoms with van der Waals surface area (Å²) in [4.78, 5) is 52.5. The van der Waals surface area contributed by atoms with Crippen molar-refractivity contribution in [3.8, 4) is 0 Å². The van der Waals surface area contributed by atoms with Crippen molar-refractivity contribution < 1.29 is 39.6 Å². The summed E-state index contributed by atoms with van der Waals surface area (Å²) < 4.78 is 0. The molecule has 1 rings (SSSR count). The predicted octanol–water partition coefficient (Wildman–Crippen LogP) is -3.43. The molecule has 13 heteroatoms. The number of carbonyl (C=O) groups excluding carboxylic acids is 1. The molecule has 0 aromatic heterocycles. The van der Waals surface area contributed by atoms with Gasteiger partial charge in [0, 0.05) is 58.9 Å². The lowest BCUT2D eigenvalue weighted by Gasteiger charge is -2.32. The molecule has 31 heavy (non-hydrogen) atoms. The number of hydrogen-bond donors (Lipinski definition) is 5. The van der Waals surface area contributed by atoms with Gasteiger partial charge in [0.15, 0.2) is 0 Å². The van der Waals surface area contributed by atoms with Crippen molar-refractivity contribution in [2.75, 3.05) is 91.7 Å². The second kappa shape index (κ2) is 14.6. The zero-order valence-corrected chi connectivity index (χ0v) is 17.6. The maximum Gasteiger partial charge on any atom is 0.317 e. The van der Waals surface area contributed by atoms with Gasteiger partial charge in [-0.3, -0.25) is 38.8 Å². The molecular formula is C18H33N5O8. The second-order valence-electron chi connectivity index (χ2n) is 7.36. The lowest BCUT2D eigenvalue weighted by Crippen LogP contribution is -2.49. The van der Waals surface area contributed by atoms with Gasteiger partial charge in [0.2, 0.25) is 5.91 Å². The van der Waals surface area contributed by atoms with Crippen LogP contribution in [0.2, 0.25) is 0 Å². The number of carboxylic acid groups (broad SMARTS) is 3. The largest absolute Gasteiger partial charge is 0.480 e. The lowest BCUT2D eigenvalue weighted by molar-refractivity contribution is -0.140. The third-order valence-corrected chi connectivity index (χ3v) is 4.81. The standard InChI is InChI=1S/C18H33N5O8/c24-10-1-19-15(25)11-20-2-4-21(12-16(26)27)6-8-23(14-18(30)31)9-7-22(5-3-20)13-17(28)29/h24H,1-14H2,(H,19,25)(H,26,27)(H,28,29)(H,30,31). The van der Waals surface area contributed by atoms with Crippen molar-refractivity contribution in [1.29, 1.82) is 0 Å². The molecule has 0 saturated carbocycles. The van der Waals surface area contributed by atoms with Crippen LogP contribution < -0.4 is 5.32 Å². The molecule has 0 radical (unpaired) electrons. The van der Waals surface area contributed by atoms with E-state index < -0.39 is 17.9 Å². The number of aliphatic carboxylic acids is 3. The normalized spacial score (nSPS) is 18.6. The molecule has 0 atom stereocenters. The van der Waals surface area contributed by atoms with Gasteiger partial charge >= 0.3 is 17.9 Å². The first-order valence-electron chi connectivity index (χ1n) is 10.1. The van der Waals surface area contributed by atoms with Crippen molar-refractivity contribution in [2.24, 2.45) is 0 Å². The van der Waals surface area contributed by atoms with E-state index in [0.717, 1.165) is 0 Å². The SMILES string of the molecule is O=C(O)CN1CCN(CC(=O)O)CCN(CC(=O)NCCO)CCN(CC(=O)O)CC1. The summed E-state index contributed by atoms with van der Waals surface area (Å²) >= 11 is 0. The number of rotatable bonds is 10. The summed E-state index contributed by atoms with van der Waals surface area (Å²) in [5.41, 5.74) is 0. The topological polar surface area (TPSA) is 174 Å². The fourth-order valence-electron chi connectivity index (χ4n) is 3.24. The van der Waals surface area contributed by atoms with Gasteiger partial charge < -0.3 is 25.7 Å². The van der Waals surface area contributed by atoms with Gasteiger partial charge in [-0.15, -0.1) is 0 Å². The Hall–Kier alpha value is -2.32. The molecule has 178 valence electrons. The third-order valence-electron chi connectivity index (χ3n) is 4.81. The molecule has 1 saturated heterocycles. The van der Waals surface area contributed by atoms with Crippen LogP contribution in [0.25, 0.3) is 0 Å². The van der Waals surface area contributed by atoms with E-state index in [9.17, 15) is 29.4 Å². The van der Waals surface area contributed by atoms with Crippen LogP contribution in [0, 0.1) is 0 Å². The highest BCUT2D eigenvalue weighted by atomic mass is 16.4. The maximum absolute atomic E-state index is 12.1. The Balaban J connectivity index is 2.91. The van der Waals surface area contributed by atoms with Crippen molar-refractivity contribution in [2.45, 2.75) is 0 Å². The highest BCUT2D eigenvalue weighted by Gasteiger charge is 2.20. The third kappa shape index (κ3) is 12.9. The number of carboxylic acids is 3. The number of aliphatic hydroxyl groups is 1. The number of amides is 1. The van der Waals surface area contributed by atoms with Crippen LogP contribution in [0.3, 0.4) is 0 Å². The highest BCUT2D eigenvalue weighted by Crippen LogP contribution is 2.01. The molecule has 0 aliphatic carbocycles. The van der Waals surface area contributed by atoms with E-state index in [2.05, 4.69) is 5.32 Å². The van der Waals surface area contributed by atoms with E-state index >= 15 is 0 Å². The first-order chi connectivity index (χ1) is 14.7. The zero-order chi connectivity index (χ0) is 23.2. The Morgan fingerprint density at radius 1 is 0.581 bits per heavy atom. The minimum absolute atomic E-state index is 0.0347. The van der Waals surface area contributed by atoms with Gasteiger partial charge in [-0.05, 0) is 0 Å². The van der Waals surface area contributed by atoms with Crippen LogP contribution in [0.4, 0.5) is 0 Å². The molecule has 0 aromatic rings. The number of nitrogens with one attached hydrogen (secondary N) is 1. The van der Waals surface area contributed by atoms with Crippen LogP contribution in [-0.2, 0) is 19.2 Å². The van der Waals surface area contributed by atoms with Crippen molar-refractivity contribution in [3.05, 3.63) is 0 Å². The predicted molar refractivity (Wildman–Crippen MR) is 109 cm³/mol. The molecule has 5 N–H and O–H groups in total. The monoisotopic (exact) mass is 447 g/mol. The Bertz CT molecular complexity index is 573. The van der Waals surface area contributed by atoms with Crippen LogP contribution in [0.1, 0.15) is 0 Å². The smallest absolute Gasteiger partial charge is 0.317 e. The fourth-order valence-corrected chi connectivity index (χ4v) is 3.24. The van der Waals surface area contributed by atoms with E-state index in [1.807, 2.05) is 4.90 Å². The average molecular weight is 447 g/mol. The van der Waals surface area contributed by atoms with Gasteiger partial charge in [-0.1, -0.05) is 0 Å². The van der Waals surface area contributed by atoms with Crippen LogP contribution in [-0.4, -0.2) is 156 Å². The summed E-state index contributed by atoms with van der Waals surface area (Å²) in [5, 5.41) is 38.9. The molecule has 1 aliphatic rings. The quantitative estimate of drug-likeness (QED) is 0.225. The summed E-state index contributed by atoms with van der Waals surface area (Å²) in [6, 6.07) is 0. The molecular weight excluding hydrogens is 414 g/mol. The average Bonchev–Trinajstić information content (AvgIpc) is 2.67. The van der Waals surface area contributed by atoms with Gasteiger partial charge in [0.25, 0.3) is 0 Å². The Kier molecular flexibility index (Phi) is 12.6. The first kappa shape index (κ1) is 26.7. The molecule has 1 heterocycles. The summed E-state index contributed by atoms with van der Waals surface area (Å²) in [5.74, 6) is -3.31. The second-order valence-corrected chi connectivity index (χ2v) is 7.36. The van der Waals surface area contributed by atoms with E-state index in [0.29, 0.717) is 52.4 Å². The van der Waals surface area contributed by atoms with Gasteiger partial charge in [0.1, 0.15) is 0 Å². The molecule has 0 bridgehead atoms.